The van der Waals surface area contributed by atoms with Crippen molar-refractivity contribution in [3.8, 4) is 11.1 Å². The van der Waals surface area contributed by atoms with Crippen molar-refractivity contribution in [1.29, 1.82) is 0 Å². The van der Waals surface area contributed by atoms with Crippen molar-refractivity contribution in [1.82, 2.24) is 10.3 Å². The van der Waals surface area contributed by atoms with Crippen molar-refractivity contribution in [2.24, 2.45) is 0 Å². The van der Waals surface area contributed by atoms with Gasteiger partial charge >= 0.3 is 0 Å². The predicted octanol–water partition coefficient (Wildman–Crippen LogP) is 11.9. The summed E-state index contributed by atoms with van der Waals surface area (Å²) in [7, 11) is 0. The van der Waals surface area contributed by atoms with Gasteiger partial charge in [-0.15, -0.1) is 0 Å². The van der Waals surface area contributed by atoms with E-state index in [4.69, 9.17) is 0 Å². The Bertz CT molecular complexity index is 1520. The number of nitrogens with zero attached hydrogens (tertiary/aromatic N) is 1. The van der Waals surface area contributed by atoms with Gasteiger partial charge in [-0.2, -0.15) is 0 Å². The molecule has 1 atom stereocenters. The van der Waals surface area contributed by atoms with E-state index in [9.17, 15) is 0 Å². The summed E-state index contributed by atoms with van der Waals surface area (Å²) in [5.41, 5.74) is 11.5. The third kappa shape index (κ3) is 12.6. The number of pyridine rings is 1. The molecule has 4 aromatic rings. The Morgan fingerprint density at radius 2 is 1.35 bits per heavy atom. The molecule has 1 unspecified atom stereocenters. The highest BCUT2D eigenvalue weighted by atomic mass is 14.9. The Labute approximate surface area is 279 Å². The molecule has 1 aromatic heterocycles. The first-order valence-electron chi connectivity index (χ1n) is 16.3. The van der Waals surface area contributed by atoms with E-state index < -0.39 is 0 Å². The molecule has 0 aliphatic heterocycles. The summed E-state index contributed by atoms with van der Waals surface area (Å²) in [5, 5.41) is 10.0. The number of aryl methyl sites for hydroxylation is 1. The number of hydrogen-bond acceptors (Lipinski definition) is 4. The van der Waals surface area contributed by atoms with E-state index in [2.05, 4.69) is 136 Å². The average Bonchev–Trinajstić information content (AvgIpc) is 3.09. The van der Waals surface area contributed by atoms with E-state index in [0.29, 0.717) is 0 Å². The van der Waals surface area contributed by atoms with Crippen molar-refractivity contribution in [3.63, 3.8) is 0 Å². The van der Waals surface area contributed by atoms with Gasteiger partial charge in [0.05, 0.1) is 11.4 Å². The van der Waals surface area contributed by atoms with Gasteiger partial charge in [0.2, 0.25) is 0 Å². The Balaban J connectivity index is 0.000000287. The molecule has 3 aromatic carbocycles. The lowest BCUT2D eigenvalue weighted by molar-refractivity contribution is 0.657. The van der Waals surface area contributed by atoms with Crippen LogP contribution in [0.2, 0.25) is 0 Å². The van der Waals surface area contributed by atoms with Crippen LogP contribution >= 0.6 is 0 Å². The number of nitrogens with one attached hydrogen (secondary N) is 3. The van der Waals surface area contributed by atoms with Crippen LogP contribution in [0.25, 0.3) is 22.5 Å². The summed E-state index contributed by atoms with van der Waals surface area (Å²) in [6.07, 6.45) is 6.32. The second-order valence-electron chi connectivity index (χ2n) is 11.3. The molecular formula is C42H54N4. The van der Waals surface area contributed by atoms with Crippen LogP contribution < -0.4 is 16.0 Å². The summed E-state index contributed by atoms with van der Waals surface area (Å²) in [6.45, 7) is 28.9. The Morgan fingerprint density at radius 3 is 1.87 bits per heavy atom. The van der Waals surface area contributed by atoms with Gasteiger partial charge in [-0.1, -0.05) is 133 Å². The second-order valence-corrected chi connectivity index (χ2v) is 11.3. The fourth-order valence-electron chi connectivity index (χ4n) is 4.30. The molecule has 0 saturated heterocycles. The van der Waals surface area contributed by atoms with Crippen molar-refractivity contribution < 1.29 is 0 Å². The minimum absolute atomic E-state index is 0.284. The van der Waals surface area contributed by atoms with Gasteiger partial charge in [-0.25, -0.2) is 0 Å². The maximum Gasteiger partial charge on any atom is 0.0858 e. The third-order valence-corrected chi connectivity index (χ3v) is 7.43. The van der Waals surface area contributed by atoms with Crippen LogP contribution in [-0.2, 0) is 0 Å². The van der Waals surface area contributed by atoms with Crippen LogP contribution in [0, 0.1) is 6.92 Å². The first kappa shape index (κ1) is 37.4. The van der Waals surface area contributed by atoms with E-state index >= 15 is 0 Å². The van der Waals surface area contributed by atoms with Gasteiger partial charge in [0.15, 0.2) is 0 Å². The van der Waals surface area contributed by atoms with Crippen LogP contribution in [0.1, 0.15) is 77.1 Å². The number of unbranched alkanes of at least 4 members (excludes halogenated alkanes) is 1. The zero-order valence-corrected chi connectivity index (χ0v) is 28.9. The Hall–Kier alpha value is -4.83. The number of benzene rings is 3. The van der Waals surface area contributed by atoms with Gasteiger partial charge in [0, 0.05) is 35.0 Å². The number of rotatable bonds is 13. The molecule has 0 aliphatic carbocycles. The topological polar surface area (TPSA) is 49.0 Å². The van der Waals surface area contributed by atoms with Gasteiger partial charge in [0.1, 0.15) is 0 Å². The first-order chi connectivity index (χ1) is 22.1. The van der Waals surface area contributed by atoms with Crippen molar-refractivity contribution in [2.75, 3.05) is 10.6 Å². The van der Waals surface area contributed by atoms with Gasteiger partial charge in [0.25, 0.3) is 0 Å². The lowest BCUT2D eigenvalue weighted by Gasteiger charge is -2.20. The zero-order chi connectivity index (χ0) is 33.9. The second kappa shape index (κ2) is 20.2. The maximum atomic E-state index is 4.29. The summed E-state index contributed by atoms with van der Waals surface area (Å²) in [6, 6.07) is 31.1. The number of allylic oxidation sites excluding steroid dienone is 1. The van der Waals surface area contributed by atoms with E-state index in [0.717, 1.165) is 63.7 Å². The quantitative estimate of drug-likeness (QED) is 0.131. The number of aromatic nitrogens is 1. The lowest BCUT2D eigenvalue weighted by atomic mass is 10.0. The van der Waals surface area contributed by atoms with Crippen molar-refractivity contribution in [2.45, 2.75) is 73.3 Å². The molecule has 0 aliphatic rings. The third-order valence-electron chi connectivity index (χ3n) is 7.43. The molecule has 0 fully saturated rings. The fourth-order valence-corrected chi connectivity index (χ4v) is 4.30. The minimum atomic E-state index is 0.284. The number of anilines is 2. The van der Waals surface area contributed by atoms with Crippen molar-refractivity contribution in [3.05, 3.63) is 152 Å². The molecular weight excluding hydrogens is 560 g/mol. The lowest BCUT2D eigenvalue weighted by Crippen LogP contribution is -2.27. The normalized spacial score (nSPS) is 10.6. The maximum absolute atomic E-state index is 4.29. The van der Waals surface area contributed by atoms with Gasteiger partial charge in [-0.05, 0) is 79.3 Å². The molecule has 3 N–H and O–H groups in total. The SMILES string of the molecule is C=C(CC)Nc1ccc(NC(=C)c2ccccn2)c(C)c1.C=C(NC(CC)C(=C)C)c1ccc(-c2ccccc2)cc1.CCCC. The minimum Gasteiger partial charge on any atom is -0.379 e. The smallest absolute Gasteiger partial charge is 0.0858 e. The highest BCUT2D eigenvalue weighted by Crippen LogP contribution is 2.24. The van der Waals surface area contributed by atoms with Gasteiger partial charge < -0.3 is 16.0 Å². The Morgan fingerprint density at radius 1 is 0.717 bits per heavy atom. The highest BCUT2D eigenvalue weighted by molar-refractivity contribution is 5.76. The molecule has 1 heterocycles. The largest absolute Gasteiger partial charge is 0.379 e. The molecule has 4 rings (SSSR count). The molecule has 0 amide bonds. The molecule has 0 spiro atoms. The van der Waals surface area contributed by atoms with Crippen LogP contribution in [0.15, 0.2) is 135 Å². The molecule has 4 heteroatoms. The van der Waals surface area contributed by atoms with Crippen LogP contribution in [0.3, 0.4) is 0 Å². The van der Waals surface area contributed by atoms with Crippen LogP contribution in [-0.4, -0.2) is 11.0 Å². The van der Waals surface area contributed by atoms with Gasteiger partial charge in [-0.3, -0.25) is 4.98 Å². The molecule has 0 bridgehead atoms. The van der Waals surface area contributed by atoms with E-state index in [1.807, 2.05) is 43.3 Å². The van der Waals surface area contributed by atoms with Crippen LogP contribution in [0.4, 0.5) is 11.4 Å². The number of hydrogen-bond donors (Lipinski definition) is 3. The zero-order valence-electron chi connectivity index (χ0n) is 28.9. The molecule has 0 saturated carbocycles. The summed E-state index contributed by atoms with van der Waals surface area (Å²) >= 11 is 0. The van der Waals surface area contributed by atoms with E-state index in [1.54, 1.807) is 6.20 Å². The van der Waals surface area contributed by atoms with Crippen molar-refractivity contribution >= 4 is 22.8 Å². The summed E-state index contributed by atoms with van der Waals surface area (Å²) in [4.78, 5) is 4.29. The first-order valence-corrected chi connectivity index (χ1v) is 16.3. The summed E-state index contributed by atoms with van der Waals surface area (Å²) < 4.78 is 0. The standard InChI is InChI=1S/C20H23N.C18H21N3.C4H10/c1-5-20(15(2)3)21-16(4)17-11-13-19(14-12-17)18-9-7-6-8-10-18;1-5-14(3)20-16-9-10-17(13(2)12-16)21-15(4)18-8-6-7-11-19-18;1-3-4-2/h6-14,20-21H,2,4-5H2,1,3H3;6-12,20-21H,3-5H2,1-2H3;3-4H2,1-2H3. The Kier molecular flexibility index (Phi) is 16.4. The van der Waals surface area contributed by atoms with Crippen LogP contribution in [0.5, 0.6) is 0 Å². The molecule has 242 valence electrons. The fraction of sp³-hybridized carbons (Fsp3) is 0.262. The predicted molar refractivity (Wildman–Crippen MR) is 205 cm³/mol. The molecule has 0 radical (unpaired) electrons. The monoisotopic (exact) mass is 614 g/mol. The van der Waals surface area contributed by atoms with E-state index in [1.165, 1.54) is 24.0 Å². The highest BCUT2D eigenvalue weighted by Gasteiger charge is 2.09. The van der Waals surface area contributed by atoms with E-state index in [-0.39, 0.29) is 6.04 Å². The summed E-state index contributed by atoms with van der Waals surface area (Å²) in [5.74, 6) is 0. The molecule has 4 nitrogen and oxygen atoms in total. The average molecular weight is 615 g/mol. The molecule has 46 heavy (non-hydrogen) atoms.